The van der Waals surface area contributed by atoms with Crippen molar-refractivity contribution < 1.29 is 19.1 Å². The van der Waals surface area contributed by atoms with E-state index in [2.05, 4.69) is 10.1 Å². The van der Waals surface area contributed by atoms with Gasteiger partial charge in [-0.3, -0.25) is 0 Å². The summed E-state index contributed by atoms with van der Waals surface area (Å²) in [5, 5.41) is 12.7. The Kier molecular flexibility index (Phi) is 4.54. The summed E-state index contributed by atoms with van der Waals surface area (Å²) >= 11 is 0. The van der Waals surface area contributed by atoms with Gasteiger partial charge in [0.2, 0.25) is 11.7 Å². The Morgan fingerprint density at radius 2 is 1.90 bits per heavy atom. The molecular weight excluding hydrogens is 262 g/mol. The van der Waals surface area contributed by atoms with Crippen molar-refractivity contribution in [1.82, 2.24) is 10.1 Å². The van der Waals surface area contributed by atoms with Crippen molar-refractivity contribution >= 4 is 0 Å². The Balaban J connectivity index is 2.31. The minimum absolute atomic E-state index is 0.0359. The normalized spacial score (nSPS) is 12.2. The van der Waals surface area contributed by atoms with Crippen molar-refractivity contribution in [2.24, 2.45) is 5.73 Å². The lowest BCUT2D eigenvalue weighted by Crippen LogP contribution is -2.12. The predicted molar refractivity (Wildman–Crippen MR) is 71.5 cm³/mol. The highest BCUT2D eigenvalue weighted by Crippen LogP contribution is 2.28. The Morgan fingerprint density at radius 3 is 2.45 bits per heavy atom. The molecule has 1 aromatic heterocycles. The first kappa shape index (κ1) is 14.3. The van der Waals surface area contributed by atoms with Gasteiger partial charge in [0.25, 0.3) is 0 Å². The van der Waals surface area contributed by atoms with Crippen LogP contribution in [0.1, 0.15) is 18.4 Å². The highest BCUT2D eigenvalue weighted by molar-refractivity contribution is 5.60. The largest absolute Gasteiger partial charge is 0.497 e. The number of aromatic nitrogens is 2. The molecule has 1 atom stereocenters. The van der Waals surface area contributed by atoms with Crippen LogP contribution >= 0.6 is 0 Å². The number of aliphatic hydroxyl groups excluding tert-OH is 1. The molecule has 0 radical (unpaired) electrons. The summed E-state index contributed by atoms with van der Waals surface area (Å²) < 4.78 is 15.5. The zero-order valence-electron chi connectivity index (χ0n) is 11.4. The van der Waals surface area contributed by atoms with E-state index in [0.717, 1.165) is 0 Å². The van der Waals surface area contributed by atoms with Crippen molar-refractivity contribution in [1.29, 1.82) is 0 Å². The van der Waals surface area contributed by atoms with E-state index in [9.17, 15) is 0 Å². The second kappa shape index (κ2) is 6.36. The number of hydrogen-bond acceptors (Lipinski definition) is 7. The third-order valence-electron chi connectivity index (χ3n) is 2.81. The molecule has 1 heterocycles. The topological polar surface area (TPSA) is 104 Å². The first-order chi connectivity index (χ1) is 9.67. The smallest absolute Gasteiger partial charge is 0.243 e. The van der Waals surface area contributed by atoms with Gasteiger partial charge in [-0.25, -0.2) is 0 Å². The number of rotatable bonds is 6. The van der Waals surface area contributed by atoms with Crippen LogP contribution in [0.3, 0.4) is 0 Å². The van der Waals surface area contributed by atoms with Crippen LogP contribution in [-0.4, -0.2) is 36.1 Å². The lowest BCUT2D eigenvalue weighted by Gasteiger charge is -2.05. The molecule has 7 nitrogen and oxygen atoms in total. The number of benzene rings is 1. The summed E-state index contributed by atoms with van der Waals surface area (Å²) in [6.45, 7) is -0.0359. The number of hydrogen-bond donors (Lipinski definition) is 2. The molecule has 20 heavy (non-hydrogen) atoms. The van der Waals surface area contributed by atoms with Crippen molar-refractivity contribution in [3.8, 4) is 22.9 Å². The minimum Gasteiger partial charge on any atom is -0.497 e. The summed E-state index contributed by atoms with van der Waals surface area (Å²) in [5.74, 6) is 1.94. The molecule has 3 N–H and O–H groups in total. The van der Waals surface area contributed by atoms with E-state index in [-0.39, 0.29) is 12.5 Å². The molecule has 7 heteroatoms. The molecule has 0 aliphatic heterocycles. The molecule has 2 aromatic rings. The van der Waals surface area contributed by atoms with Crippen LogP contribution in [0.15, 0.2) is 22.7 Å². The summed E-state index contributed by atoms with van der Waals surface area (Å²) in [6, 6.07) is 4.82. The molecule has 1 unspecified atom stereocenters. The van der Waals surface area contributed by atoms with Gasteiger partial charge in [-0.1, -0.05) is 5.16 Å². The van der Waals surface area contributed by atoms with Gasteiger partial charge >= 0.3 is 0 Å². The van der Waals surface area contributed by atoms with Gasteiger partial charge in [-0.05, 0) is 18.6 Å². The Hall–Kier alpha value is -2.12. The highest BCUT2D eigenvalue weighted by Gasteiger charge is 2.16. The van der Waals surface area contributed by atoms with E-state index >= 15 is 0 Å². The molecule has 2 rings (SSSR count). The lowest BCUT2D eigenvalue weighted by molar-refractivity contribution is 0.259. The third kappa shape index (κ3) is 3.06. The molecule has 0 saturated heterocycles. The Bertz CT molecular complexity index is 548. The molecule has 0 aliphatic rings. The number of nitrogens with zero attached hydrogens (tertiary/aromatic N) is 2. The van der Waals surface area contributed by atoms with Gasteiger partial charge in [-0.15, -0.1) is 0 Å². The summed E-state index contributed by atoms with van der Waals surface area (Å²) in [7, 11) is 3.13. The second-order valence-electron chi connectivity index (χ2n) is 4.18. The maximum absolute atomic E-state index is 8.86. The molecule has 108 valence electrons. The zero-order chi connectivity index (χ0) is 14.5. The summed E-state index contributed by atoms with van der Waals surface area (Å²) in [5.41, 5.74) is 6.50. The maximum atomic E-state index is 8.86. The summed E-state index contributed by atoms with van der Waals surface area (Å²) in [4.78, 5) is 4.22. The van der Waals surface area contributed by atoms with E-state index < -0.39 is 6.04 Å². The van der Waals surface area contributed by atoms with Crippen LogP contribution in [0.4, 0.5) is 0 Å². The van der Waals surface area contributed by atoms with Crippen LogP contribution < -0.4 is 15.2 Å². The summed E-state index contributed by atoms with van der Waals surface area (Å²) in [6.07, 6.45) is 0.364. The van der Waals surface area contributed by atoms with E-state index in [1.807, 2.05) is 0 Å². The van der Waals surface area contributed by atoms with E-state index in [1.165, 1.54) is 0 Å². The maximum Gasteiger partial charge on any atom is 0.243 e. The SMILES string of the molecule is COc1cc(OC)cc(-c2noc(C(N)CCO)n2)c1. The molecular formula is C13H17N3O4. The Morgan fingerprint density at radius 1 is 1.25 bits per heavy atom. The zero-order valence-corrected chi connectivity index (χ0v) is 11.4. The van der Waals surface area contributed by atoms with Gasteiger partial charge in [0, 0.05) is 18.2 Å². The minimum atomic E-state index is -0.478. The molecule has 0 fully saturated rings. The average Bonchev–Trinajstić information content (AvgIpc) is 2.97. The fourth-order valence-corrected chi connectivity index (χ4v) is 1.70. The standard InChI is InChI=1S/C13H17N3O4/c1-18-9-5-8(6-10(7-9)19-2)12-15-13(20-16-12)11(14)3-4-17/h5-7,11,17H,3-4,14H2,1-2H3. The van der Waals surface area contributed by atoms with Gasteiger partial charge in [0.15, 0.2) is 0 Å². The quantitative estimate of drug-likeness (QED) is 0.817. The van der Waals surface area contributed by atoms with Crippen LogP contribution in [0.5, 0.6) is 11.5 Å². The highest BCUT2D eigenvalue weighted by atomic mass is 16.5. The number of methoxy groups -OCH3 is 2. The van der Waals surface area contributed by atoms with E-state index in [4.69, 9.17) is 24.8 Å². The number of aliphatic hydroxyl groups is 1. The molecule has 0 amide bonds. The average molecular weight is 279 g/mol. The Labute approximate surface area is 116 Å². The fraction of sp³-hybridized carbons (Fsp3) is 0.385. The van der Waals surface area contributed by atoms with Crippen LogP contribution in [0.25, 0.3) is 11.4 Å². The van der Waals surface area contributed by atoms with Crippen molar-refractivity contribution in [2.75, 3.05) is 20.8 Å². The van der Waals surface area contributed by atoms with Gasteiger partial charge < -0.3 is 24.8 Å². The number of ether oxygens (including phenoxy) is 2. The second-order valence-corrected chi connectivity index (χ2v) is 4.18. The molecule has 0 spiro atoms. The van der Waals surface area contributed by atoms with Gasteiger partial charge in [0.1, 0.15) is 11.5 Å². The molecule has 0 bridgehead atoms. The predicted octanol–water partition coefficient (Wildman–Crippen LogP) is 1.14. The van der Waals surface area contributed by atoms with Crippen molar-refractivity contribution in [2.45, 2.75) is 12.5 Å². The van der Waals surface area contributed by atoms with E-state index in [1.54, 1.807) is 32.4 Å². The first-order valence-corrected chi connectivity index (χ1v) is 6.11. The van der Waals surface area contributed by atoms with Crippen molar-refractivity contribution in [3.63, 3.8) is 0 Å². The molecule has 1 aromatic carbocycles. The first-order valence-electron chi connectivity index (χ1n) is 6.11. The monoisotopic (exact) mass is 279 g/mol. The molecule has 0 aliphatic carbocycles. The van der Waals surface area contributed by atoms with Gasteiger partial charge in [0.05, 0.1) is 20.3 Å². The van der Waals surface area contributed by atoms with Crippen LogP contribution in [0.2, 0.25) is 0 Å². The lowest BCUT2D eigenvalue weighted by atomic mass is 10.2. The number of nitrogens with two attached hydrogens (primary N) is 1. The van der Waals surface area contributed by atoms with Crippen molar-refractivity contribution in [3.05, 3.63) is 24.1 Å². The molecule has 0 saturated carbocycles. The van der Waals surface area contributed by atoms with E-state index in [0.29, 0.717) is 29.3 Å². The van der Waals surface area contributed by atoms with Crippen LogP contribution in [-0.2, 0) is 0 Å². The van der Waals surface area contributed by atoms with Gasteiger partial charge in [-0.2, -0.15) is 4.98 Å². The van der Waals surface area contributed by atoms with Crippen LogP contribution in [0, 0.1) is 0 Å². The third-order valence-corrected chi connectivity index (χ3v) is 2.81. The fourth-order valence-electron chi connectivity index (χ4n) is 1.70.